The molecule has 0 saturated carbocycles. The maximum Gasteiger partial charge on any atom is 0.410 e. The minimum Gasteiger partial charge on any atom is -0.480 e. The van der Waals surface area contributed by atoms with Crippen LogP contribution in [0.1, 0.15) is 32.9 Å². The number of likely N-dealkylation sites (tertiary alicyclic amines) is 1. The lowest BCUT2D eigenvalue weighted by Crippen LogP contribution is -2.36. The first kappa shape index (κ1) is 16.5. The molecule has 1 aromatic rings. The molecule has 2 rings (SSSR count). The molecule has 0 bridgehead atoms. The van der Waals surface area contributed by atoms with E-state index in [1.165, 1.54) is 0 Å². The van der Waals surface area contributed by atoms with Gasteiger partial charge in [0.2, 0.25) is 5.88 Å². The van der Waals surface area contributed by atoms with Gasteiger partial charge in [-0.3, -0.25) is 4.98 Å². The summed E-state index contributed by atoms with van der Waals surface area (Å²) in [4.78, 5) is 21.9. The third kappa shape index (κ3) is 4.56. The molecule has 22 heavy (non-hydrogen) atoms. The van der Waals surface area contributed by atoms with Crippen LogP contribution in [0.4, 0.5) is 4.79 Å². The molecule has 0 radical (unpaired) electrons. The Labute approximate surface area is 130 Å². The lowest BCUT2D eigenvalue weighted by molar-refractivity contribution is 0.0176. The summed E-state index contributed by atoms with van der Waals surface area (Å²) in [6.45, 7) is 7.04. The average molecular weight is 309 g/mol. The van der Waals surface area contributed by atoms with Crippen molar-refractivity contribution >= 4 is 6.09 Å². The van der Waals surface area contributed by atoms with Gasteiger partial charge in [0, 0.05) is 18.9 Å². The Morgan fingerprint density at radius 1 is 1.36 bits per heavy atom. The molecule has 0 aliphatic carbocycles. The van der Waals surface area contributed by atoms with Crippen molar-refractivity contribution in [3.63, 3.8) is 0 Å². The molecule has 7 nitrogen and oxygen atoms in total. The van der Waals surface area contributed by atoms with E-state index in [0.29, 0.717) is 31.3 Å². The third-order valence-corrected chi connectivity index (χ3v) is 3.18. The average Bonchev–Trinajstić information content (AvgIpc) is 2.92. The molecule has 1 fully saturated rings. The number of aromatic nitrogens is 2. The summed E-state index contributed by atoms with van der Waals surface area (Å²) < 4.78 is 16.3. The largest absolute Gasteiger partial charge is 0.480 e. The van der Waals surface area contributed by atoms with E-state index in [9.17, 15) is 4.79 Å². The highest BCUT2D eigenvalue weighted by Crippen LogP contribution is 2.19. The lowest BCUT2D eigenvalue weighted by atomic mass is 10.2. The van der Waals surface area contributed by atoms with Crippen LogP contribution in [0.3, 0.4) is 0 Å². The van der Waals surface area contributed by atoms with Crippen molar-refractivity contribution in [2.24, 2.45) is 0 Å². The summed E-state index contributed by atoms with van der Waals surface area (Å²) in [6, 6.07) is 0. The quantitative estimate of drug-likeness (QED) is 0.847. The Morgan fingerprint density at radius 3 is 2.77 bits per heavy atom. The van der Waals surface area contributed by atoms with Crippen molar-refractivity contribution in [1.82, 2.24) is 14.9 Å². The predicted molar refractivity (Wildman–Crippen MR) is 79.6 cm³/mol. The van der Waals surface area contributed by atoms with E-state index in [4.69, 9.17) is 14.2 Å². The number of methoxy groups -OCH3 is 1. The van der Waals surface area contributed by atoms with E-state index in [-0.39, 0.29) is 12.2 Å². The number of carbonyl (C=O) groups excluding carboxylic acids is 1. The second kappa shape index (κ2) is 6.91. The van der Waals surface area contributed by atoms with Crippen LogP contribution < -0.4 is 4.74 Å². The van der Waals surface area contributed by atoms with Gasteiger partial charge < -0.3 is 19.1 Å². The van der Waals surface area contributed by atoms with Gasteiger partial charge in [0.15, 0.2) is 0 Å². The fourth-order valence-corrected chi connectivity index (χ4v) is 2.18. The number of nitrogens with zero attached hydrogens (tertiary/aromatic N) is 3. The number of carbonyl (C=O) groups is 1. The third-order valence-electron chi connectivity index (χ3n) is 3.18. The highest BCUT2D eigenvalue weighted by atomic mass is 16.6. The van der Waals surface area contributed by atoms with Crippen molar-refractivity contribution in [2.45, 2.75) is 45.5 Å². The SMILES string of the molecule is COc1nccnc1CO[C@H]1CCN(C(=O)OC(C)(C)C)C1. The number of hydrogen-bond acceptors (Lipinski definition) is 6. The molecule has 1 aliphatic heterocycles. The Hall–Kier alpha value is -1.89. The molecule has 1 aromatic heterocycles. The standard InChI is InChI=1S/C15H23N3O4/c1-15(2,3)22-14(19)18-8-5-11(9-18)21-10-12-13(20-4)17-7-6-16-12/h6-7,11H,5,8-10H2,1-4H3/t11-/m0/s1. The molecule has 0 N–H and O–H groups in total. The first-order valence-electron chi connectivity index (χ1n) is 7.32. The van der Waals surface area contributed by atoms with Crippen molar-refractivity contribution in [3.05, 3.63) is 18.1 Å². The van der Waals surface area contributed by atoms with Crippen molar-refractivity contribution in [2.75, 3.05) is 20.2 Å². The van der Waals surface area contributed by atoms with Crippen LogP contribution in [-0.2, 0) is 16.1 Å². The minimum atomic E-state index is -0.483. The minimum absolute atomic E-state index is 0.0285. The Kier molecular flexibility index (Phi) is 5.18. The zero-order valence-corrected chi connectivity index (χ0v) is 13.5. The predicted octanol–water partition coefficient (Wildman–Crippen LogP) is 2.01. The van der Waals surface area contributed by atoms with Crippen LogP contribution in [0.5, 0.6) is 5.88 Å². The number of amides is 1. The van der Waals surface area contributed by atoms with E-state index in [1.54, 1.807) is 24.4 Å². The monoisotopic (exact) mass is 309 g/mol. The molecule has 7 heteroatoms. The fourth-order valence-electron chi connectivity index (χ4n) is 2.18. The normalized spacial score (nSPS) is 18.4. The number of rotatable bonds is 4. The van der Waals surface area contributed by atoms with Crippen LogP contribution in [0, 0.1) is 0 Å². The van der Waals surface area contributed by atoms with Crippen LogP contribution in [0.2, 0.25) is 0 Å². The number of ether oxygens (including phenoxy) is 3. The van der Waals surface area contributed by atoms with Gasteiger partial charge in [-0.1, -0.05) is 0 Å². The first-order valence-corrected chi connectivity index (χ1v) is 7.32. The van der Waals surface area contributed by atoms with Crippen molar-refractivity contribution < 1.29 is 19.0 Å². The Morgan fingerprint density at radius 2 is 2.09 bits per heavy atom. The zero-order valence-electron chi connectivity index (χ0n) is 13.5. The van der Waals surface area contributed by atoms with Gasteiger partial charge >= 0.3 is 6.09 Å². The van der Waals surface area contributed by atoms with Crippen LogP contribution in [0.25, 0.3) is 0 Å². The fraction of sp³-hybridized carbons (Fsp3) is 0.667. The second-order valence-electron chi connectivity index (χ2n) is 6.16. The molecule has 0 aromatic carbocycles. The van der Waals surface area contributed by atoms with Crippen LogP contribution in [-0.4, -0.2) is 52.9 Å². The van der Waals surface area contributed by atoms with E-state index in [1.807, 2.05) is 20.8 Å². The molecule has 2 heterocycles. The highest BCUT2D eigenvalue weighted by molar-refractivity contribution is 5.68. The molecule has 1 aliphatic rings. The summed E-state index contributed by atoms with van der Waals surface area (Å²) in [5.41, 5.74) is 0.170. The molecular weight excluding hydrogens is 286 g/mol. The van der Waals surface area contributed by atoms with Crippen molar-refractivity contribution in [3.8, 4) is 5.88 Å². The smallest absolute Gasteiger partial charge is 0.410 e. The van der Waals surface area contributed by atoms with Gasteiger partial charge in [0.05, 0.1) is 26.4 Å². The van der Waals surface area contributed by atoms with Gasteiger partial charge in [-0.15, -0.1) is 0 Å². The van der Waals surface area contributed by atoms with E-state index >= 15 is 0 Å². The molecule has 0 spiro atoms. The Bertz CT molecular complexity index is 516. The molecular formula is C15H23N3O4. The van der Waals surface area contributed by atoms with Gasteiger partial charge in [-0.2, -0.15) is 0 Å². The maximum absolute atomic E-state index is 12.0. The molecule has 1 amide bonds. The Balaban J connectivity index is 1.83. The summed E-state index contributed by atoms with van der Waals surface area (Å²) in [5.74, 6) is 0.462. The summed E-state index contributed by atoms with van der Waals surface area (Å²) in [6.07, 6.45) is 3.63. The van der Waals surface area contributed by atoms with E-state index in [2.05, 4.69) is 9.97 Å². The summed E-state index contributed by atoms with van der Waals surface area (Å²) in [5, 5.41) is 0. The topological polar surface area (TPSA) is 73.8 Å². The highest BCUT2D eigenvalue weighted by Gasteiger charge is 2.30. The van der Waals surface area contributed by atoms with Crippen LogP contribution in [0.15, 0.2) is 12.4 Å². The zero-order chi connectivity index (χ0) is 16.2. The lowest BCUT2D eigenvalue weighted by Gasteiger charge is -2.24. The first-order chi connectivity index (χ1) is 10.4. The maximum atomic E-state index is 12.0. The second-order valence-corrected chi connectivity index (χ2v) is 6.16. The molecule has 122 valence electrons. The van der Waals surface area contributed by atoms with Gasteiger partial charge in [-0.25, -0.2) is 9.78 Å². The van der Waals surface area contributed by atoms with Gasteiger partial charge in [-0.05, 0) is 27.2 Å². The number of hydrogen-bond donors (Lipinski definition) is 0. The van der Waals surface area contributed by atoms with E-state index in [0.717, 1.165) is 6.42 Å². The van der Waals surface area contributed by atoms with E-state index < -0.39 is 5.60 Å². The summed E-state index contributed by atoms with van der Waals surface area (Å²) >= 11 is 0. The van der Waals surface area contributed by atoms with Gasteiger partial charge in [0.25, 0.3) is 0 Å². The van der Waals surface area contributed by atoms with Crippen LogP contribution >= 0.6 is 0 Å². The molecule has 1 saturated heterocycles. The molecule has 1 atom stereocenters. The summed E-state index contributed by atoms with van der Waals surface area (Å²) in [7, 11) is 1.55. The van der Waals surface area contributed by atoms with Crippen molar-refractivity contribution in [1.29, 1.82) is 0 Å². The molecule has 0 unspecified atom stereocenters. The van der Waals surface area contributed by atoms with Gasteiger partial charge in [0.1, 0.15) is 11.3 Å².